The van der Waals surface area contributed by atoms with E-state index in [0.717, 1.165) is 14.0 Å². The second-order valence-corrected chi connectivity index (χ2v) is 5.79. The molecule has 0 aliphatic rings. The average Bonchev–Trinajstić information content (AvgIpc) is 2.75. The fourth-order valence-corrected chi connectivity index (χ4v) is 1.17. The number of Topliss-reactive ketones (excluding diaryl/α,β-unsaturated/α-hetero) is 1. The molecule has 0 atom stereocenters. The van der Waals surface area contributed by atoms with E-state index in [9.17, 15) is 93.0 Å². The normalized spacial score (nSPS) is 14.6. The molecular weight excluding hydrogens is 601 g/mol. The monoisotopic (exact) mass is 610 g/mol. The highest BCUT2D eigenvalue weighted by atomic mass is 19.4. The van der Waals surface area contributed by atoms with Gasteiger partial charge in [0.1, 0.15) is 12.7 Å². The molecule has 0 unspecified atom stereocenters. The third kappa shape index (κ3) is 10.1. The quantitative estimate of drug-likeness (QED) is 0.175. The third-order valence-electron chi connectivity index (χ3n) is 3.04. The molecular formula is C16H9F19O3. The lowest BCUT2D eigenvalue weighted by Gasteiger charge is -2.36. The van der Waals surface area contributed by atoms with Gasteiger partial charge in [0.2, 0.25) is 11.7 Å². The van der Waals surface area contributed by atoms with Crippen LogP contribution in [0.15, 0.2) is 36.2 Å². The van der Waals surface area contributed by atoms with E-state index in [4.69, 9.17) is 0 Å². The van der Waals surface area contributed by atoms with Crippen molar-refractivity contribution < 1.29 is 97.7 Å². The Morgan fingerprint density at radius 3 is 1.24 bits per heavy atom. The zero-order valence-electron chi connectivity index (χ0n) is 17.6. The molecule has 0 N–H and O–H groups in total. The summed E-state index contributed by atoms with van der Waals surface area (Å²) in [5, 5.41) is 0. The SMILES string of the molecule is CC(=O)/C(F)=C/F.COC(=O)/C(F)=C/C(F)(F)F.F/C=C(/F)C(F)(F)C(F)(F)C(F)(F)C(F)(F)C(F)(F)F. The van der Waals surface area contributed by atoms with Crippen LogP contribution >= 0.6 is 0 Å². The number of esters is 1. The molecule has 0 aromatic rings. The van der Waals surface area contributed by atoms with Gasteiger partial charge in [0.05, 0.1) is 13.2 Å². The summed E-state index contributed by atoms with van der Waals surface area (Å²) in [5.41, 5.74) is 0. The van der Waals surface area contributed by atoms with Crippen molar-refractivity contribution in [1.82, 2.24) is 0 Å². The highest BCUT2D eigenvalue weighted by Gasteiger charge is 2.88. The minimum absolute atomic E-state index is 0.359. The number of allylic oxidation sites excluding steroid dienone is 3. The number of methoxy groups -OCH3 is 1. The second-order valence-electron chi connectivity index (χ2n) is 5.79. The van der Waals surface area contributed by atoms with E-state index < -0.39 is 77.7 Å². The van der Waals surface area contributed by atoms with E-state index in [1.165, 1.54) is 0 Å². The van der Waals surface area contributed by atoms with Crippen LogP contribution in [0.3, 0.4) is 0 Å². The van der Waals surface area contributed by atoms with Crippen LogP contribution in [0.1, 0.15) is 6.92 Å². The summed E-state index contributed by atoms with van der Waals surface area (Å²) in [7, 11) is 0.784. The molecule has 0 bridgehead atoms. The summed E-state index contributed by atoms with van der Waals surface area (Å²) in [6.07, 6.45) is -15.3. The molecule has 0 aromatic heterocycles. The number of ether oxygens (including phenoxy) is 1. The number of carbonyl (C=O) groups is 2. The molecule has 0 aliphatic heterocycles. The molecule has 38 heavy (non-hydrogen) atoms. The van der Waals surface area contributed by atoms with Crippen LogP contribution in [0.4, 0.5) is 83.4 Å². The summed E-state index contributed by atoms with van der Waals surface area (Å²) >= 11 is 0. The summed E-state index contributed by atoms with van der Waals surface area (Å²) in [6, 6.07) is 0. The van der Waals surface area contributed by atoms with Crippen molar-refractivity contribution in [1.29, 1.82) is 0 Å². The Morgan fingerprint density at radius 1 is 0.632 bits per heavy atom. The Morgan fingerprint density at radius 2 is 1.03 bits per heavy atom. The maximum Gasteiger partial charge on any atom is 0.460 e. The number of rotatable bonds is 6. The number of carbonyl (C=O) groups excluding carboxylic acids is 2. The highest BCUT2D eigenvalue weighted by molar-refractivity contribution is 5.90. The minimum Gasteiger partial charge on any atom is -0.464 e. The Balaban J connectivity index is -0.000000567. The van der Waals surface area contributed by atoms with Crippen molar-refractivity contribution in [3.8, 4) is 0 Å². The van der Waals surface area contributed by atoms with Gasteiger partial charge in [0.15, 0.2) is 11.6 Å². The molecule has 0 aromatic carbocycles. The van der Waals surface area contributed by atoms with E-state index >= 15 is 0 Å². The molecule has 0 rings (SSSR count). The van der Waals surface area contributed by atoms with E-state index in [1.807, 2.05) is 0 Å². The maximum atomic E-state index is 12.5. The van der Waals surface area contributed by atoms with Gasteiger partial charge in [-0.1, -0.05) is 0 Å². The van der Waals surface area contributed by atoms with E-state index in [1.54, 1.807) is 0 Å². The summed E-state index contributed by atoms with van der Waals surface area (Å²) in [6.45, 7) is 0.950. The van der Waals surface area contributed by atoms with Gasteiger partial charge in [-0.15, -0.1) is 0 Å². The first-order valence-electron chi connectivity index (χ1n) is 8.07. The number of hydrogen-bond acceptors (Lipinski definition) is 3. The molecule has 0 radical (unpaired) electrons. The van der Waals surface area contributed by atoms with Crippen LogP contribution in [0.25, 0.3) is 0 Å². The first-order valence-corrected chi connectivity index (χ1v) is 8.07. The van der Waals surface area contributed by atoms with Crippen LogP contribution < -0.4 is 0 Å². The Kier molecular flexibility index (Phi) is 14.3. The van der Waals surface area contributed by atoms with Gasteiger partial charge in [-0.05, 0) is 0 Å². The molecule has 3 nitrogen and oxygen atoms in total. The van der Waals surface area contributed by atoms with Gasteiger partial charge >= 0.3 is 42.0 Å². The zero-order valence-corrected chi connectivity index (χ0v) is 17.6. The standard InChI is InChI=1S/C7HF13.C5H4F4O2.C4H4F2O/c8-1-2(9)3(10,11)4(12,13)5(14,15)6(16,17)7(18,19)20;1-11-4(10)3(6)2-5(7,8)9;1-3(7)4(6)2-5/h1H;2H,1H3;2H,1H3/b2-1+;3-2-;4-2-. The molecule has 0 fully saturated rings. The highest BCUT2D eigenvalue weighted by Crippen LogP contribution is 2.58. The van der Waals surface area contributed by atoms with Gasteiger partial charge in [-0.25, -0.2) is 22.4 Å². The molecule has 224 valence electrons. The van der Waals surface area contributed by atoms with Crippen LogP contribution in [-0.2, 0) is 14.3 Å². The summed E-state index contributed by atoms with van der Waals surface area (Å²) < 4.78 is 229. The molecule has 0 spiro atoms. The Labute approximate surface area is 197 Å². The molecule has 0 aliphatic carbocycles. The van der Waals surface area contributed by atoms with Crippen molar-refractivity contribution >= 4 is 11.8 Å². The molecule has 22 heteroatoms. The largest absolute Gasteiger partial charge is 0.464 e. The van der Waals surface area contributed by atoms with Gasteiger partial charge in [0, 0.05) is 6.92 Å². The number of ketones is 1. The summed E-state index contributed by atoms with van der Waals surface area (Å²) in [4.78, 5) is 19.7. The van der Waals surface area contributed by atoms with Gasteiger partial charge in [-0.2, -0.15) is 65.9 Å². The van der Waals surface area contributed by atoms with Crippen LogP contribution in [0, 0.1) is 0 Å². The maximum absolute atomic E-state index is 12.5. The lowest BCUT2D eigenvalue weighted by molar-refractivity contribution is -0.419. The smallest absolute Gasteiger partial charge is 0.460 e. The van der Waals surface area contributed by atoms with E-state index in [0.29, 0.717) is 0 Å². The van der Waals surface area contributed by atoms with Crippen molar-refractivity contribution in [2.75, 3.05) is 7.11 Å². The van der Waals surface area contributed by atoms with Crippen LogP contribution in [-0.4, -0.2) is 54.9 Å². The van der Waals surface area contributed by atoms with Crippen molar-refractivity contribution in [3.05, 3.63) is 36.2 Å². The Hall–Kier alpha value is -2.97. The van der Waals surface area contributed by atoms with Crippen LogP contribution in [0.2, 0.25) is 0 Å². The van der Waals surface area contributed by atoms with Crippen molar-refractivity contribution in [2.24, 2.45) is 0 Å². The zero-order chi connectivity index (χ0) is 31.7. The van der Waals surface area contributed by atoms with Gasteiger partial charge in [0.25, 0.3) is 0 Å². The minimum atomic E-state index is -7.75. The van der Waals surface area contributed by atoms with E-state index in [2.05, 4.69) is 4.74 Å². The second kappa shape index (κ2) is 13.7. The fraction of sp³-hybridized carbons (Fsp3) is 0.500. The topological polar surface area (TPSA) is 43.4 Å². The summed E-state index contributed by atoms with van der Waals surface area (Å²) in [5.74, 6) is -39.6. The lowest BCUT2D eigenvalue weighted by Crippen LogP contribution is -2.66. The first kappa shape index (κ1) is 39.5. The Bertz CT molecular complexity index is 893. The molecule has 0 saturated heterocycles. The third-order valence-corrected chi connectivity index (χ3v) is 3.04. The predicted octanol–water partition coefficient (Wildman–Crippen LogP) is 7.80. The number of alkyl halides is 14. The average molecular weight is 610 g/mol. The van der Waals surface area contributed by atoms with Crippen molar-refractivity contribution in [2.45, 2.75) is 43.0 Å². The van der Waals surface area contributed by atoms with E-state index in [-0.39, 0.29) is 6.33 Å². The predicted molar refractivity (Wildman–Crippen MR) is 84.4 cm³/mol. The number of halogens is 19. The molecule has 0 heterocycles. The van der Waals surface area contributed by atoms with Gasteiger partial charge < -0.3 is 4.74 Å². The molecule has 0 saturated carbocycles. The van der Waals surface area contributed by atoms with Gasteiger partial charge in [-0.3, -0.25) is 4.79 Å². The fourth-order valence-electron chi connectivity index (χ4n) is 1.17. The number of hydrogen-bond donors (Lipinski definition) is 0. The van der Waals surface area contributed by atoms with Crippen LogP contribution in [0.5, 0.6) is 0 Å². The molecule has 0 amide bonds. The first-order chi connectivity index (χ1) is 16.5. The lowest BCUT2D eigenvalue weighted by atomic mass is 9.97. The van der Waals surface area contributed by atoms with Crippen molar-refractivity contribution in [3.63, 3.8) is 0 Å².